The molecular formula is C15H22BNO3. The van der Waals surface area contributed by atoms with E-state index in [9.17, 15) is 0 Å². The molecule has 3 rings (SSSR count). The van der Waals surface area contributed by atoms with E-state index in [-0.39, 0.29) is 18.3 Å². The molecule has 1 aromatic rings. The lowest BCUT2D eigenvalue weighted by Crippen LogP contribution is -2.41. The van der Waals surface area contributed by atoms with Gasteiger partial charge in [0.25, 0.3) is 0 Å². The molecular weight excluding hydrogens is 253 g/mol. The van der Waals surface area contributed by atoms with Crippen LogP contribution in [0.5, 0.6) is 0 Å². The number of nitrogens with zero attached hydrogens (tertiary/aromatic N) is 1. The normalized spacial score (nSPS) is 24.7. The molecule has 0 aliphatic carbocycles. The Kier molecular flexibility index (Phi) is 3.39. The Hall–Kier alpha value is -0.905. The molecule has 0 aromatic carbocycles. The third-order valence-electron chi connectivity index (χ3n) is 4.57. The van der Waals surface area contributed by atoms with E-state index in [0.717, 1.165) is 25.2 Å². The minimum atomic E-state index is -0.374. The van der Waals surface area contributed by atoms with Gasteiger partial charge in [-0.1, -0.05) is 6.07 Å². The summed E-state index contributed by atoms with van der Waals surface area (Å²) in [6.45, 7) is 9.96. The van der Waals surface area contributed by atoms with Gasteiger partial charge in [0.2, 0.25) is 0 Å². The Balaban J connectivity index is 1.69. The summed E-state index contributed by atoms with van der Waals surface area (Å²) in [5.74, 6) is 0.652. The molecule has 108 valence electrons. The van der Waals surface area contributed by atoms with Crippen molar-refractivity contribution in [3.8, 4) is 0 Å². The van der Waals surface area contributed by atoms with Gasteiger partial charge in [0.15, 0.2) is 0 Å². The van der Waals surface area contributed by atoms with Gasteiger partial charge in [-0.15, -0.1) is 0 Å². The molecule has 0 atom stereocenters. The molecule has 2 saturated heterocycles. The predicted octanol–water partition coefficient (Wildman–Crippen LogP) is 1.57. The third-order valence-corrected chi connectivity index (χ3v) is 4.57. The van der Waals surface area contributed by atoms with E-state index < -0.39 is 0 Å². The summed E-state index contributed by atoms with van der Waals surface area (Å²) in [5.41, 5.74) is 1.46. The van der Waals surface area contributed by atoms with Crippen LogP contribution in [0.2, 0.25) is 0 Å². The quantitative estimate of drug-likeness (QED) is 0.785. The van der Waals surface area contributed by atoms with E-state index in [2.05, 4.69) is 38.7 Å². The van der Waals surface area contributed by atoms with Crippen molar-refractivity contribution >= 4 is 12.7 Å². The van der Waals surface area contributed by atoms with Crippen LogP contribution in [-0.2, 0) is 20.5 Å². The SMILES string of the molecule is CC1(C)OB(c2ccc(CC3COC3)cn2)OC1(C)C. The highest BCUT2D eigenvalue weighted by Gasteiger charge is 2.52. The summed E-state index contributed by atoms with van der Waals surface area (Å²) < 4.78 is 17.2. The maximum Gasteiger partial charge on any atom is 0.514 e. The minimum absolute atomic E-state index is 0.318. The van der Waals surface area contributed by atoms with Crippen molar-refractivity contribution in [2.75, 3.05) is 13.2 Å². The Morgan fingerprint density at radius 2 is 1.80 bits per heavy atom. The van der Waals surface area contributed by atoms with Crippen molar-refractivity contribution in [3.63, 3.8) is 0 Å². The van der Waals surface area contributed by atoms with Gasteiger partial charge in [-0.05, 0) is 45.7 Å². The first kappa shape index (κ1) is 14.0. The van der Waals surface area contributed by atoms with Crippen LogP contribution in [0.4, 0.5) is 0 Å². The number of pyridine rings is 1. The maximum absolute atomic E-state index is 6.00. The molecule has 2 fully saturated rings. The summed E-state index contributed by atoms with van der Waals surface area (Å²) >= 11 is 0. The smallest absolute Gasteiger partial charge is 0.398 e. The topological polar surface area (TPSA) is 40.6 Å². The van der Waals surface area contributed by atoms with Gasteiger partial charge >= 0.3 is 7.12 Å². The average Bonchev–Trinajstić information content (AvgIpc) is 2.54. The largest absolute Gasteiger partial charge is 0.514 e. The average molecular weight is 275 g/mol. The Morgan fingerprint density at radius 3 is 2.25 bits per heavy atom. The van der Waals surface area contributed by atoms with Gasteiger partial charge in [-0.3, -0.25) is 4.98 Å². The summed E-state index contributed by atoms with van der Waals surface area (Å²) in [6.07, 6.45) is 2.97. The second-order valence-electron chi connectivity index (χ2n) is 6.79. The van der Waals surface area contributed by atoms with Crippen LogP contribution in [0.3, 0.4) is 0 Å². The highest BCUT2D eigenvalue weighted by molar-refractivity contribution is 6.61. The highest BCUT2D eigenvalue weighted by atomic mass is 16.7. The van der Waals surface area contributed by atoms with Gasteiger partial charge in [-0.2, -0.15) is 0 Å². The second kappa shape index (κ2) is 4.83. The molecule has 5 heteroatoms. The van der Waals surface area contributed by atoms with Crippen LogP contribution in [0.25, 0.3) is 0 Å². The summed E-state index contributed by atoms with van der Waals surface area (Å²) in [6, 6.07) is 4.13. The number of hydrogen-bond donors (Lipinski definition) is 0. The zero-order valence-electron chi connectivity index (χ0n) is 12.7. The Morgan fingerprint density at radius 1 is 1.15 bits per heavy atom. The predicted molar refractivity (Wildman–Crippen MR) is 78.0 cm³/mol. The van der Waals surface area contributed by atoms with Gasteiger partial charge < -0.3 is 14.0 Å². The molecule has 0 N–H and O–H groups in total. The lowest BCUT2D eigenvalue weighted by atomic mass is 9.83. The van der Waals surface area contributed by atoms with Crippen LogP contribution in [0.1, 0.15) is 33.3 Å². The van der Waals surface area contributed by atoms with Crippen molar-refractivity contribution < 1.29 is 14.0 Å². The Labute approximate surface area is 121 Å². The molecule has 20 heavy (non-hydrogen) atoms. The fourth-order valence-electron chi connectivity index (χ4n) is 2.40. The fraction of sp³-hybridized carbons (Fsp3) is 0.667. The van der Waals surface area contributed by atoms with Gasteiger partial charge in [0.1, 0.15) is 0 Å². The number of aromatic nitrogens is 1. The fourth-order valence-corrected chi connectivity index (χ4v) is 2.40. The van der Waals surface area contributed by atoms with Crippen LogP contribution in [0, 0.1) is 5.92 Å². The Bertz CT molecular complexity index is 466. The summed E-state index contributed by atoms with van der Waals surface area (Å²) in [5, 5.41) is 0. The number of hydrogen-bond acceptors (Lipinski definition) is 4. The van der Waals surface area contributed by atoms with Crippen LogP contribution in [0.15, 0.2) is 18.3 Å². The molecule has 2 aliphatic rings. The van der Waals surface area contributed by atoms with E-state index in [4.69, 9.17) is 14.0 Å². The van der Waals surface area contributed by atoms with Gasteiger partial charge in [0.05, 0.1) is 30.0 Å². The minimum Gasteiger partial charge on any atom is -0.398 e. The standard InChI is InChI=1S/C15H22BNO3/c1-14(2)15(3,4)20-16(19-14)13-6-5-11(8-17-13)7-12-9-18-10-12/h5-6,8,12H,7,9-10H2,1-4H3. The zero-order chi connectivity index (χ0) is 14.4. The first-order valence-corrected chi connectivity index (χ1v) is 7.26. The molecule has 0 amide bonds. The van der Waals surface area contributed by atoms with E-state index >= 15 is 0 Å². The second-order valence-corrected chi connectivity index (χ2v) is 6.79. The van der Waals surface area contributed by atoms with Gasteiger partial charge in [0, 0.05) is 12.1 Å². The third kappa shape index (κ3) is 2.50. The van der Waals surface area contributed by atoms with Crippen LogP contribution >= 0.6 is 0 Å². The molecule has 4 nitrogen and oxygen atoms in total. The van der Waals surface area contributed by atoms with Crippen molar-refractivity contribution in [1.29, 1.82) is 0 Å². The van der Waals surface area contributed by atoms with E-state index in [0.29, 0.717) is 5.92 Å². The van der Waals surface area contributed by atoms with Crippen LogP contribution in [-0.4, -0.2) is 36.5 Å². The zero-order valence-corrected chi connectivity index (χ0v) is 12.7. The molecule has 0 unspecified atom stereocenters. The molecule has 2 aliphatic heterocycles. The van der Waals surface area contributed by atoms with Crippen LogP contribution < -0.4 is 5.59 Å². The molecule has 3 heterocycles. The first-order valence-electron chi connectivity index (χ1n) is 7.26. The van der Waals surface area contributed by atoms with E-state index in [1.54, 1.807) is 0 Å². The van der Waals surface area contributed by atoms with Crippen molar-refractivity contribution in [2.24, 2.45) is 5.92 Å². The lowest BCUT2D eigenvalue weighted by Gasteiger charge is -2.32. The van der Waals surface area contributed by atoms with E-state index in [1.165, 1.54) is 5.56 Å². The molecule has 0 radical (unpaired) electrons. The number of rotatable bonds is 3. The number of ether oxygens (including phenoxy) is 1. The van der Waals surface area contributed by atoms with Crippen molar-refractivity contribution in [1.82, 2.24) is 4.98 Å². The van der Waals surface area contributed by atoms with E-state index in [1.807, 2.05) is 12.3 Å². The maximum atomic E-state index is 6.00. The summed E-state index contributed by atoms with van der Waals surface area (Å²) in [7, 11) is -0.374. The molecule has 0 saturated carbocycles. The highest BCUT2D eigenvalue weighted by Crippen LogP contribution is 2.36. The summed E-state index contributed by atoms with van der Waals surface area (Å²) in [4.78, 5) is 4.51. The monoisotopic (exact) mass is 275 g/mol. The van der Waals surface area contributed by atoms with Crippen molar-refractivity contribution in [3.05, 3.63) is 23.9 Å². The van der Waals surface area contributed by atoms with Crippen molar-refractivity contribution in [2.45, 2.75) is 45.3 Å². The van der Waals surface area contributed by atoms with Gasteiger partial charge in [-0.25, -0.2) is 0 Å². The molecule has 0 bridgehead atoms. The first-order chi connectivity index (χ1) is 9.37. The molecule has 1 aromatic heterocycles. The lowest BCUT2D eigenvalue weighted by molar-refractivity contribution is -0.0312. The molecule has 0 spiro atoms.